The van der Waals surface area contributed by atoms with Gasteiger partial charge in [-0.15, -0.1) is 0 Å². The molecule has 4 heteroatoms. The number of hydrogen-bond acceptors (Lipinski definition) is 3. The van der Waals surface area contributed by atoms with Crippen LogP contribution >= 0.6 is 0 Å². The molecule has 0 aromatic carbocycles. The molecule has 0 aliphatic heterocycles. The van der Waals surface area contributed by atoms with Crippen molar-refractivity contribution in [3.05, 3.63) is 0 Å². The first-order valence-corrected chi connectivity index (χ1v) is 2.34. The zero-order chi connectivity index (χ0) is 6.57. The van der Waals surface area contributed by atoms with E-state index in [0.717, 1.165) is 0 Å². The van der Waals surface area contributed by atoms with Crippen LogP contribution in [0.4, 0.5) is 0 Å². The first-order chi connectivity index (χ1) is 3.72. The van der Waals surface area contributed by atoms with Gasteiger partial charge in [0.05, 0.1) is 12.7 Å². The molecule has 0 amide bonds. The van der Waals surface area contributed by atoms with Gasteiger partial charge in [-0.3, -0.25) is 5.73 Å². The quantitative estimate of drug-likeness (QED) is 0.402. The molecule has 2 atom stereocenters. The van der Waals surface area contributed by atoms with Gasteiger partial charge in [-0.25, -0.2) is 0 Å². The zero-order valence-corrected chi connectivity index (χ0v) is 4.41. The van der Waals surface area contributed by atoms with Gasteiger partial charge < -0.3 is 15.3 Å². The summed E-state index contributed by atoms with van der Waals surface area (Å²) in [5, 5.41) is 25.2. The van der Waals surface area contributed by atoms with E-state index in [9.17, 15) is 0 Å². The molecule has 0 aliphatic rings. The SMILES string of the molecule is [NH]CC(O)C(O)CO. The summed E-state index contributed by atoms with van der Waals surface area (Å²) < 4.78 is 0. The van der Waals surface area contributed by atoms with E-state index < -0.39 is 18.8 Å². The molecule has 0 saturated carbocycles. The molecule has 4 nitrogen and oxygen atoms in total. The van der Waals surface area contributed by atoms with Gasteiger partial charge in [0.25, 0.3) is 0 Å². The molecular weight excluding hydrogens is 110 g/mol. The first-order valence-electron chi connectivity index (χ1n) is 2.34. The van der Waals surface area contributed by atoms with E-state index in [1.807, 2.05) is 0 Å². The Morgan fingerprint density at radius 3 is 1.88 bits per heavy atom. The highest BCUT2D eigenvalue weighted by atomic mass is 16.4. The van der Waals surface area contributed by atoms with Crippen molar-refractivity contribution in [2.75, 3.05) is 13.2 Å². The summed E-state index contributed by atoms with van der Waals surface area (Å²) in [6.45, 7) is -0.762. The third-order valence-electron chi connectivity index (χ3n) is 0.840. The van der Waals surface area contributed by atoms with Crippen molar-refractivity contribution in [1.82, 2.24) is 5.73 Å². The summed E-state index contributed by atoms with van der Waals surface area (Å²) in [5.74, 6) is 0. The van der Waals surface area contributed by atoms with Gasteiger partial charge in [-0.05, 0) is 0 Å². The van der Waals surface area contributed by atoms with Gasteiger partial charge in [-0.2, -0.15) is 0 Å². The Kier molecular flexibility index (Phi) is 3.72. The van der Waals surface area contributed by atoms with Crippen LogP contribution in [0.3, 0.4) is 0 Å². The third kappa shape index (κ3) is 2.23. The van der Waals surface area contributed by atoms with E-state index in [2.05, 4.69) is 0 Å². The average Bonchev–Trinajstić information content (AvgIpc) is 1.84. The molecule has 0 fully saturated rings. The van der Waals surface area contributed by atoms with Gasteiger partial charge in [-0.1, -0.05) is 0 Å². The second-order valence-corrected chi connectivity index (χ2v) is 1.52. The maximum atomic E-state index is 8.53. The van der Waals surface area contributed by atoms with Crippen molar-refractivity contribution in [3.63, 3.8) is 0 Å². The monoisotopic (exact) mass is 120 g/mol. The van der Waals surface area contributed by atoms with Gasteiger partial charge >= 0.3 is 0 Å². The van der Waals surface area contributed by atoms with Crippen molar-refractivity contribution in [2.24, 2.45) is 0 Å². The average molecular weight is 120 g/mol. The van der Waals surface area contributed by atoms with Crippen molar-refractivity contribution >= 4 is 0 Å². The van der Waals surface area contributed by atoms with Gasteiger partial charge in [0, 0.05) is 6.54 Å². The Morgan fingerprint density at radius 2 is 1.75 bits per heavy atom. The highest BCUT2D eigenvalue weighted by Gasteiger charge is 2.11. The van der Waals surface area contributed by atoms with Crippen LogP contribution in [-0.4, -0.2) is 40.7 Å². The summed E-state index contributed by atoms with van der Waals surface area (Å²) in [4.78, 5) is 0. The second-order valence-electron chi connectivity index (χ2n) is 1.52. The molecule has 0 aliphatic carbocycles. The van der Waals surface area contributed by atoms with E-state index >= 15 is 0 Å². The minimum Gasteiger partial charge on any atom is -0.394 e. The minimum atomic E-state index is -1.16. The molecule has 0 rings (SSSR count). The van der Waals surface area contributed by atoms with E-state index in [4.69, 9.17) is 21.1 Å². The molecule has 0 saturated heterocycles. The number of hydrogen-bond donors (Lipinski definition) is 3. The minimum absolute atomic E-state index is 0.276. The molecule has 49 valence electrons. The molecule has 8 heavy (non-hydrogen) atoms. The Morgan fingerprint density at radius 1 is 1.25 bits per heavy atom. The fourth-order valence-corrected chi connectivity index (χ4v) is 0.258. The number of aliphatic hydroxyl groups excluding tert-OH is 3. The summed E-state index contributed by atoms with van der Waals surface area (Å²) in [7, 11) is 0. The molecular formula is C4H10NO3. The maximum Gasteiger partial charge on any atom is 0.104 e. The molecule has 1 radical (unpaired) electrons. The topological polar surface area (TPSA) is 84.5 Å². The summed E-state index contributed by atoms with van der Waals surface area (Å²) in [5.41, 5.74) is 6.52. The Labute approximate surface area is 47.6 Å². The van der Waals surface area contributed by atoms with Crippen LogP contribution in [0.25, 0.3) is 0 Å². The van der Waals surface area contributed by atoms with Crippen molar-refractivity contribution in [2.45, 2.75) is 12.2 Å². The third-order valence-corrected chi connectivity index (χ3v) is 0.840. The molecule has 0 spiro atoms. The number of aliphatic hydroxyl groups is 3. The predicted octanol–water partition coefficient (Wildman–Crippen LogP) is -2.02. The lowest BCUT2D eigenvalue weighted by molar-refractivity contribution is -0.00965. The molecule has 0 aromatic heterocycles. The molecule has 0 aromatic rings. The lowest BCUT2D eigenvalue weighted by Gasteiger charge is -2.11. The highest BCUT2D eigenvalue weighted by molar-refractivity contribution is 4.64. The van der Waals surface area contributed by atoms with Crippen LogP contribution in [-0.2, 0) is 0 Å². The standard InChI is InChI=1S/C4H10NO3/c5-1-3(7)4(8)2-6/h3-8H,1-2H2. The van der Waals surface area contributed by atoms with Crippen LogP contribution in [0, 0.1) is 0 Å². The second kappa shape index (κ2) is 3.80. The predicted molar refractivity (Wildman–Crippen MR) is 27.1 cm³/mol. The molecule has 4 N–H and O–H groups in total. The van der Waals surface area contributed by atoms with Crippen molar-refractivity contribution < 1.29 is 15.3 Å². The summed E-state index contributed by atoms with van der Waals surface area (Å²) >= 11 is 0. The highest BCUT2D eigenvalue weighted by Crippen LogP contribution is 1.87. The first kappa shape index (κ1) is 7.84. The van der Waals surface area contributed by atoms with Crippen LogP contribution in [0.1, 0.15) is 0 Å². The smallest absolute Gasteiger partial charge is 0.104 e. The lowest BCUT2D eigenvalue weighted by atomic mass is 10.2. The fraction of sp³-hybridized carbons (Fsp3) is 1.00. The van der Waals surface area contributed by atoms with E-state index in [-0.39, 0.29) is 6.54 Å². The van der Waals surface area contributed by atoms with Gasteiger partial charge in [0.1, 0.15) is 6.10 Å². The maximum absolute atomic E-state index is 8.53. The van der Waals surface area contributed by atoms with E-state index in [0.29, 0.717) is 0 Å². The van der Waals surface area contributed by atoms with Crippen molar-refractivity contribution in [1.29, 1.82) is 0 Å². The van der Waals surface area contributed by atoms with Gasteiger partial charge in [0.15, 0.2) is 0 Å². The van der Waals surface area contributed by atoms with Crippen LogP contribution < -0.4 is 5.73 Å². The van der Waals surface area contributed by atoms with Crippen LogP contribution in [0.15, 0.2) is 0 Å². The Bertz CT molecular complexity index is 51.2. The number of rotatable bonds is 3. The molecule has 0 heterocycles. The molecule has 0 bridgehead atoms. The summed E-state index contributed by atoms with van der Waals surface area (Å²) in [6.07, 6.45) is -2.27. The van der Waals surface area contributed by atoms with E-state index in [1.165, 1.54) is 0 Å². The van der Waals surface area contributed by atoms with Crippen molar-refractivity contribution in [3.8, 4) is 0 Å². The number of nitrogens with one attached hydrogen (secondary N) is 1. The Hall–Kier alpha value is -0.160. The Balaban J connectivity index is 3.29. The summed E-state index contributed by atoms with van der Waals surface area (Å²) in [6, 6.07) is 0. The zero-order valence-electron chi connectivity index (χ0n) is 4.41. The van der Waals surface area contributed by atoms with E-state index in [1.54, 1.807) is 0 Å². The van der Waals surface area contributed by atoms with Gasteiger partial charge in [0.2, 0.25) is 0 Å². The molecule has 2 unspecified atom stereocenters. The lowest BCUT2D eigenvalue weighted by Crippen LogP contribution is -2.32. The van der Waals surface area contributed by atoms with Crippen LogP contribution in [0.2, 0.25) is 0 Å². The normalized spacial score (nSPS) is 18.0. The van der Waals surface area contributed by atoms with Crippen LogP contribution in [0.5, 0.6) is 0 Å². The largest absolute Gasteiger partial charge is 0.394 e. The fourth-order valence-electron chi connectivity index (χ4n) is 0.258.